The average Bonchev–Trinajstić information content (AvgIpc) is 3.31. The minimum absolute atomic E-state index is 0.0399. The number of rotatable bonds is 7. The Morgan fingerprint density at radius 1 is 1.25 bits per heavy atom. The van der Waals surface area contributed by atoms with E-state index in [4.69, 9.17) is 4.74 Å². The van der Waals surface area contributed by atoms with Gasteiger partial charge >= 0.3 is 5.97 Å². The predicted molar refractivity (Wildman–Crippen MR) is 103 cm³/mol. The third kappa shape index (κ3) is 4.28. The van der Waals surface area contributed by atoms with E-state index in [0.717, 1.165) is 5.69 Å². The highest BCUT2D eigenvalue weighted by atomic mass is 16.5. The highest BCUT2D eigenvalue weighted by molar-refractivity contribution is 5.94. The van der Waals surface area contributed by atoms with Crippen LogP contribution in [0.5, 0.6) is 0 Å². The van der Waals surface area contributed by atoms with Crippen molar-refractivity contribution in [2.24, 2.45) is 0 Å². The monoisotopic (exact) mass is 381 g/mol. The Morgan fingerprint density at radius 3 is 2.64 bits per heavy atom. The Morgan fingerprint density at radius 2 is 2.00 bits per heavy atom. The van der Waals surface area contributed by atoms with Gasteiger partial charge in [0.25, 0.3) is 5.91 Å². The Labute approximate surface area is 163 Å². The van der Waals surface area contributed by atoms with Gasteiger partial charge in [-0.25, -0.2) is 14.5 Å². The third-order valence-corrected chi connectivity index (χ3v) is 4.30. The van der Waals surface area contributed by atoms with Gasteiger partial charge < -0.3 is 14.6 Å². The summed E-state index contributed by atoms with van der Waals surface area (Å²) >= 11 is 0. The van der Waals surface area contributed by atoms with Crippen molar-refractivity contribution >= 4 is 11.9 Å². The van der Waals surface area contributed by atoms with Crippen molar-refractivity contribution in [2.45, 2.75) is 33.4 Å². The zero-order chi connectivity index (χ0) is 20.1. The Hall–Kier alpha value is -3.42. The first kappa shape index (κ1) is 19.3. The average molecular weight is 381 g/mol. The fraction of sp³-hybridized carbons (Fsp3) is 0.300. The van der Waals surface area contributed by atoms with Crippen molar-refractivity contribution in [3.8, 4) is 5.69 Å². The number of carbonyl (C=O) groups excluding carboxylic acids is 2. The molecular weight excluding hydrogens is 358 g/mol. The summed E-state index contributed by atoms with van der Waals surface area (Å²) in [6, 6.07) is 7.02. The summed E-state index contributed by atoms with van der Waals surface area (Å²) < 4.78 is 8.59. The van der Waals surface area contributed by atoms with E-state index in [1.807, 2.05) is 17.7 Å². The van der Waals surface area contributed by atoms with E-state index in [1.54, 1.807) is 55.3 Å². The lowest BCUT2D eigenvalue weighted by molar-refractivity contribution is 0.0525. The van der Waals surface area contributed by atoms with Gasteiger partial charge in [-0.1, -0.05) is 0 Å². The van der Waals surface area contributed by atoms with Crippen LogP contribution in [0.3, 0.4) is 0 Å². The van der Waals surface area contributed by atoms with Gasteiger partial charge in [0.1, 0.15) is 5.56 Å². The number of ether oxygens (including phenoxy) is 1. The molecule has 0 radical (unpaired) electrons. The summed E-state index contributed by atoms with van der Waals surface area (Å²) in [6.45, 7) is 6.46. The molecule has 0 bridgehead atoms. The normalized spacial score (nSPS) is 11.8. The van der Waals surface area contributed by atoms with Gasteiger partial charge in [-0.15, -0.1) is 0 Å². The summed E-state index contributed by atoms with van der Waals surface area (Å²) in [5.74, 6) is -0.544. The van der Waals surface area contributed by atoms with Crippen LogP contribution in [0.4, 0.5) is 0 Å². The van der Waals surface area contributed by atoms with Crippen molar-refractivity contribution in [1.29, 1.82) is 0 Å². The quantitative estimate of drug-likeness (QED) is 0.635. The lowest BCUT2D eigenvalue weighted by Gasteiger charge is -2.14. The molecule has 1 aromatic carbocycles. The van der Waals surface area contributed by atoms with Crippen molar-refractivity contribution in [1.82, 2.24) is 24.6 Å². The molecule has 146 valence electrons. The second-order valence-electron chi connectivity index (χ2n) is 6.46. The van der Waals surface area contributed by atoms with Crippen LogP contribution in [0.15, 0.2) is 49.2 Å². The van der Waals surface area contributed by atoms with E-state index >= 15 is 0 Å². The van der Waals surface area contributed by atoms with Gasteiger partial charge in [-0.3, -0.25) is 4.79 Å². The third-order valence-electron chi connectivity index (χ3n) is 4.30. The SMILES string of the molecule is CCOC(=O)c1cnn(-c2ccc(C(=O)N[C@H](C)Cn3ccnc3)cc2)c1C. The number of nitrogens with zero attached hydrogens (tertiary/aromatic N) is 4. The number of esters is 1. The van der Waals surface area contributed by atoms with E-state index in [2.05, 4.69) is 15.4 Å². The smallest absolute Gasteiger partial charge is 0.341 e. The second-order valence-corrected chi connectivity index (χ2v) is 6.46. The van der Waals surface area contributed by atoms with Gasteiger partial charge in [0.15, 0.2) is 0 Å². The molecule has 0 aliphatic rings. The van der Waals surface area contributed by atoms with Crippen LogP contribution in [-0.2, 0) is 11.3 Å². The van der Waals surface area contributed by atoms with Crippen LogP contribution >= 0.6 is 0 Å². The number of imidazole rings is 1. The number of hydrogen-bond acceptors (Lipinski definition) is 5. The summed E-state index contributed by atoms with van der Waals surface area (Å²) in [5.41, 5.74) is 2.43. The molecule has 2 aromatic heterocycles. The summed E-state index contributed by atoms with van der Waals surface area (Å²) in [5, 5.41) is 7.23. The number of nitrogens with one attached hydrogen (secondary N) is 1. The first-order valence-corrected chi connectivity index (χ1v) is 9.08. The number of aromatic nitrogens is 4. The molecule has 0 unspecified atom stereocenters. The van der Waals surface area contributed by atoms with Gasteiger partial charge in [0, 0.05) is 30.5 Å². The second kappa shape index (κ2) is 8.51. The molecule has 0 aliphatic heterocycles. The molecule has 1 atom stereocenters. The van der Waals surface area contributed by atoms with Crippen LogP contribution in [0.25, 0.3) is 5.69 Å². The van der Waals surface area contributed by atoms with Crippen molar-refractivity contribution in [3.05, 3.63) is 66.0 Å². The molecule has 8 nitrogen and oxygen atoms in total. The predicted octanol–water partition coefficient (Wildman–Crippen LogP) is 2.37. The zero-order valence-corrected chi connectivity index (χ0v) is 16.1. The first-order valence-electron chi connectivity index (χ1n) is 9.08. The van der Waals surface area contributed by atoms with Gasteiger partial charge in [-0.2, -0.15) is 5.10 Å². The highest BCUT2D eigenvalue weighted by Gasteiger charge is 2.16. The zero-order valence-electron chi connectivity index (χ0n) is 16.1. The topological polar surface area (TPSA) is 91.0 Å². The Bertz CT molecular complexity index is 945. The molecule has 1 N–H and O–H groups in total. The molecule has 0 fully saturated rings. The molecular formula is C20H23N5O3. The van der Waals surface area contributed by atoms with E-state index in [0.29, 0.717) is 30.0 Å². The minimum Gasteiger partial charge on any atom is -0.462 e. The maximum absolute atomic E-state index is 12.4. The van der Waals surface area contributed by atoms with Crippen molar-refractivity contribution < 1.29 is 14.3 Å². The summed E-state index contributed by atoms with van der Waals surface area (Å²) in [4.78, 5) is 28.4. The minimum atomic E-state index is -0.394. The van der Waals surface area contributed by atoms with Gasteiger partial charge in [0.05, 0.1) is 30.5 Å². The fourth-order valence-corrected chi connectivity index (χ4v) is 2.90. The molecule has 1 amide bonds. The molecule has 0 aliphatic carbocycles. The molecule has 0 saturated carbocycles. The van der Waals surface area contributed by atoms with Crippen LogP contribution in [-0.4, -0.2) is 43.9 Å². The Kier molecular flexibility index (Phi) is 5.88. The van der Waals surface area contributed by atoms with Crippen molar-refractivity contribution in [3.63, 3.8) is 0 Å². The van der Waals surface area contributed by atoms with Crippen LogP contribution < -0.4 is 5.32 Å². The van der Waals surface area contributed by atoms with Crippen LogP contribution in [0, 0.1) is 6.92 Å². The highest BCUT2D eigenvalue weighted by Crippen LogP contribution is 2.16. The van der Waals surface area contributed by atoms with Gasteiger partial charge in [-0.05, 0) is 45.0 Å². The van der Waals surface area contributed by atoms with E-state index in [-0.39, 0.29) is 11.9 Å². The Balaban J connectivity index is 1.68. The molecule has 0 saturated heterocycles. The summed E-state index contributed by atoms with van der Waals surface area (Å²) in [7, 11) is 0. The molecule has 3 rings (SSSR count). The number of amides is 1. The molecule has 8 heteroatoms. The number of benzene rings is 1. The largest absolute Gasteiger partial charge is 0.462 e. The molecule has 0 spiro atoms. The van der Waals surface area contributed by atoms with Crippen LogP contribution in [0.1, 0.15) is 40.3 Å². The number of hydrogen-bond donors (Lipinski definition) is 1. The molecule has 3 aromatic rings. The van der Waals surface area contributed by atoms with E-state index in [9.17, 15) is 9.59 Å². The van der Waals surface area contributed by atoms with E-state index < -0.39 is 5.97 Å². The molecule has 2 heterocycles. The summed E-state index contributed by atoms with van der Waals surface area (Å²) in [6.07, 6.45) is 6.77. The number of carbonyl (C=O) groups is 2. The van der Waals surface area contributed by atoms with E-state index in [1.165, 1.54) is 6.20 Å². The lowest BCUT2D eigenvalue weighted by atomic mass is 10.1. The standard InChI is InChI=1S/C20H23N5O3/c1-4-28-20(27)18-11-22-25(15(18)3)17-7-5-16(6-8-17)19(26)23-14(2)12-24-10-9-21-13-24/h5-11,13-14H,4,12H2,1-3H3,(H,23,26)/t14-/m1/s1. The lowest BCUT2D eigenvalue weighted by Crippen LogP contribution is -2.35. The fourth-order valence-electron chi connectivity index (χ4n) is 2.90. The van der Waals surface area contributed by atoms with Crippen LogP contribution in [0.2, 0.25) is 0 Å². The van der Waals surface area contributed by atoms with Gasteiger partial charge in [0.2, 0.25) is 0 Å². The maximum Gasteiger partial charge on any atom is 0.341 e. The maximum atomic E-state index is 12.4. The first-order chi connectivity index (χ1) is 13.5. The van der Waals surface area contributed by atoms with Crippen molar-refractivity contribution in [2.75, 3.05) is 6.61 Å². The molecule has 28 heavy (non-hydrogen) atoms.